The summed E-state index contributed by atoms with van der Waals surface area (Å²) in [5.74, 6) is 0.897. The summed E-state index contributed by atoms with van der Waals surface area (Å²) >= 11 is 0. The fraction of sp³-hybridized carbons (Fsp3) is 0.100. The van der Waals surface area contributed by atoms with Gasteiger partial charge in [0.15, 0.2) is 0 Å². The van der Waals surface area contributed by atoms with Crippen molar-refractivity contribution in [1.82, 2.24) is 20.2 Å². The van der Waals surface area contributed by atoms with E-state index in [1.54, 1.807) is 19.3 Å². The summed E-state index contributed by atoms with van der Waals surface area (Å²) in [6.45, 7) is 1.73. The first kappa shape index (κ1) is 8.90. The minimum absolute atomic E-state index is 0.394. The smallest absolute Gasteiger partial charge is 0.251 e. The second-order valence-corrected chi connectivity index (χ2v) is 3.45. The molecule has 0 aromatic carbocycles. The first-order valence-corrected chi connectivity index (χ1v) is 4.78. The second kappa shape index (κ2) is 3.06. The molecule has 0 aliphatic carbocycles. The highest BCUT2D eigenvalue weighted by Crippen LogP contribution is 2.29. The summed E-state index contributed by atoms with van der Waals surface area (Å²) in [7, 11) is 0. The molecule has 0 saturated heterocycles. The molecule has 80 valence electrons. The lowest BCUT2D eigenvalue weighted by molar-refractivity contribution is 0.533. The van der Waals surface area contributed by atoms with Crippen LogP contribution in [0.4, 0.5) is 5.69 Å². The first-order valence-electron chi connectivity index (χ1n) is 4.78. The molecule has 6 heteroatoms. The van der Waals surface area contributed by atoms with Crippen LogP contribution in [0.1, 0.15) is 5.89 Å². The Labute approximate surface area is 90.5 Å². The number of nitrogens with zero attached hydrogens (tertiary/aromatic N) is 3. The van der Waals surface area contributed by atoms with Crippen molar-refractivity contribution in [3.63, 3.8) is 0 Å². The number of aryl methyl sites for hydroxylation is 1. The molecular formula is C10H9N5O. The zero-order chi connectivity index (χ0) is 11.1. The number of aromatic amines is 1. The third kappa shape index (κ3) is 1.16. The Kier molecular flexibility index (Phi) is 1.70. The van der Waals surface area contributed by atoms with Crippen molar-refractivity contribution in [1.29, 1.82) is 0 Å². The first-order chi connectivity index (χ1) is 7.75. The van der Waals surface area contributed by atoms with Gasteiger partial charge in [0.05, 0.1) is 11.3 Å². The predicted molar refractivity (Wildman–Crippen MR) is 58.5 cm³/mol. The van der Waals surface area contributed by atoms with Gasteiger partial charge in [0.25, 0.3) is 5.89 Å². The van der Waals surface area contributed by atoms with E-state index in [0.717, 1.165) is 11.0 Å². The highest BCUT2D eigenvalue weighted by Gasteiger charge is 2.13. The van der Waals surface area contributed by atoms with Gasteiger partial charge in [0.2, 0.25) is 5.89 Å². The molecule has 3 aromatic heterocycles. The van der Waals surface area contributed by atoms with E-state index in [9.17, 15) is 0 Å². The van der Waals surface area contributed by atoms with Gasteiger partial charge in [-0.1, -0.05) is 0 Å². The van der Waals surface area contributed by atoms with Gasteiger partial charge >= 0.3 is 0 Å². The van der Waals surface area contributed by atoms with E-state index in [2.05, 4.69) is 20.2 Å². The number of anilines is 1. The van der Waals surface area contributed by atoms with Crippen molar-refractivity contribution in [2.45, 2.75) is 6.92 Å². The average Bonchev–Trinajstić information content (AvgIpc) is 2.87. The number of pyridine rings is 1. The molecular weight excluding hydrogens is 206 g/mol. The van der Waals surface area contributed by atoms with Crippen LogP contribution < -0.4 is 5.73 Å². The summed E-state index contributed by atoms with van der Waals surface area (Å²) in [5.41, 5.74) is 8.02. The van der Waals surface area contributed by atoms with Crippen molar-refractivity contribution in [3.8, 4) is 11.5 Å². The van der Waals surface area contributed by atoms with Gasteiger partial charge in [0, 0.05) is 24.7 Å². The van der Waals surface area contributed by atoms with Gasteiger partial charge in [-0.15, -0.1) is 10.2 Å². The Morgan fingerprint density at radius 3 is 3.00 bits per heavy atom. The molecule has 16 heavy (non-hydrogen) atoms. The van der Waals surface area contributed by atoms with Crippen LogP contribution in [0.25, 0.3) is 22.5 Å². The lowest BCUT2D eigenvalue weighted by Gasteiger charge is -2.01. The third-order valence-electron chi connectivity index (χ3n) is 2.38. The van der Waals surface area contributed by atoms with Crippen LogP contribution in [0.3, 0.4) is 0 Å². The SMILES string of the molecule is Cc1nnc(-c2cnc3[nH]ccc3c2N)o1. The van der Waals surface area contributed by atoms with Crippen LogP contribution in [-0.4, -0.2) is 20.2 Å². The normalized spacial score (nSPS) is 11.1. The minimum Gasteiger partial charge on any atom is -0.421 e. The standard InChI is InChI=1S/C10H9N5O/c1-5-14-15-10(16-5)7-4-13-9-6(8(7)11)2-3-12-9/h2-4H,1H3,(H3,11,12,13). The van der Waals surface area contributed by atoms with E-state index in [4.69, 9.17) is 10.2 Å². The number of nitrogen functional groups attached to an aromatic ring is 1. The summed E-state index contributed by atoms with van der Waals surface area (Å²) < 4.78 is 5.32. The predicted octanol–water partition coefficient (Wildman–Crippen LogP) is 1.50. The molecule has 0 atom stereocenters. The maximum atomic E-state index is 6.02. The molecule has 3 rings (SSSR count). The molecule has 3 aromatic rings. The van der Waals surface area contributed by atoms with Crippen molar-refractivity contribution >= 4 is 16.7 Å². The Morgan fingerprint density at radius 1 is 1.38 bits per heavy atom. The largest absolute Gasteiger partial charge is 0.421 e. The van der Waals surface area contributed by atoms with Gasteiger partial charge in [-0.05, 0) is 6.07 Å². The molecule has 6 nitrogen and oxygen atoms in total. The maximum absolute atomic E-state index is 6.02. The van der Waals surface area contributed by atoms with Crippen molar-refractivity contribution in [2.75, 3.05) is 5.73 Å². The number of hydrogen-bond acceptors (Lipinski definition) is 5. The lowest BCUT2D eigenvalue weighted by atomic mass is 10.2. The monoisotopic (exact) mass is 215 g/mol. The van der Waals surface area contributed by atoms with Crippen LogP contribution in [0.5, 0.6) is 0 Å². The van der Waals surface area contributed by atoms with E-state index < -0.39 is 0 Å². The average molecular weight is 215 g/mol. The molecule has 0 aliphatic rings. The van der Waals surface area contributed by atoms with E-state index in [0.29, 0.717) is 23.0 Å². The molecule has 0 fully saturated rings. The fourth-order valence-electron chi connectivity index (χ4n) is 1.60. The highest BCUT2D eigenvalue weighted by molar-refractivity contribution is 5.95. The summed E-state index contributed by atoms with van der Waals surface area (Å²) in [6.07, 6.45) is 3.41. The molecule has 3 N–H and O–H groups in total. The van der Waals surface area contributed by atoms with Gasteiger partial charge in [-0.25, -0.2) is 4.98 Å². The van der Waals surface area contributed by atoms with Crippen LogP contribution in [0.2, 0.25) is 0 Å². The van der Waals surface area contributed by atoms with Crippen LogP contribution in [0, 0.1) is 6.92 Å². The molecule has 3 heterocycles. The van der Waals surface area contributed by atoms with Crippen LogP contribution in [0.15, 0.2) is 22.9 Å². The fourth-order valence-corrected chi connectivity index (χ4v) is 1.60. The number of fused-ring (bicyclic) bond motifs is 1. The lowest BCUT2D eigenvalue weighted by Crippen LogP contribution is -1.93. The summed E-state index contributed by atoms with van der Waals surface area (Å²) in [4.78, 5) is 7.21. The van der Waals surface area contributed by atoms with Gasteiger partial charge in [0.1, 0.15) is 5.65 Å². The molecule has 0 unspecified atom stereocenters. The number of rotatable bonds is 1. The molecule has 0 radical (unpaired) electrons. The molecule has 0 spiro atoms. The number of H-pyrrole nitrogens is 1. The van der Waals surface area contributed by atoms with Gasteiger partial charge in [-0.3, -0.25) is 0 Å². The zero-order valence-corrected chi connectivity index (χ0v) is 8.56. The Hall–Kier alpha value is -2.37. The van der Waals surface area contributed by atoms with E-state index in [1.165, 1.54) is 0 Å². The minimum atomic E-state index is 0.394. The third-order valence-corrected chi connectivity index (χ3v) is 2.38. The molecule has 0 aliphatic heterocycles. The second-order valence-electron chi connectivity index (χ2n) is 3.45. The topological polar surface area (TPSA) is 93.6 Å². The van der Waals surface area contributed by atoms with Crippen molar-refractivity contribution in [3.05, 3.63) is 24.4 Å². The van der Waals surface area contributed by atoms with E-state index in [-0.39, 0.29) is 0 Å². The number of aromatic nitrogens is 4. The molecule has 0 saturated carbocycles. The quantitative estimate of drug-likeness (QED) is 0.641. The zero-order valence-electron chi connectivity index (χ0n) is 8.56. The maximum Gasteiger partial charge on any atom is 0.251 e. The van der Waals surface area contributed by atoms with Crippen LogP contribution >= 0.6 is 0 Å². The Morgan fingerprint density at radius 2 is 2.25 bits per heavy atom. The summed E-state index contributed by atoms with van der Waals surface area (Å²) in [6, 6.07) is 1.87. The van der Waals surface area contributed by atoms with Crippen LogP contribution in [-0.2, 0) is 0 Å². The van der Waals surface area contributed by atoms with E-state index in [1.807, 2.05) is 6.07 Å². The van der Waals surface area contributed by atoms with E-state index >= 15 is 0 Å². The number of nitrogens with two attached hydrogens (primary N) is 1. The van der Waals surface area contributed by atoms with Crippen molar-refractivity contribution < 1.29 is 4.42 Å². The Balaban J connectivity index is 2.27. The highest BCUT2D eigenvalue weighted by atomic mass is 16.4. The van der Waals surface area contributed by atoms with Gasteiger partial charge in [-0.2, -0.15) is 0 Å². The molecule has 0 amide bonds. The number of nitrogens with one attached hydrogen (secondary N) is 1. The summed E-state index contributed by atoms with van der Waals surface area (Å²) in [5, 5.41) is 8.54. The van der Waals surface area contributed by atoms with Crippen molar-refractivity contribution in [2.24, 2.45) is 0 Å². The molecule has 0 bridgehead atoms. The number of hydrogen-bond donors (Lipinski definition) is 2. The van der Waals surface area contributed by atoms with Gasteiger partial charge < -0.3 is 15.1 Å². The Bertz CT molecular complexity index is 654.